The first kappa shape index (κ1) is 14.7. The molecular formula is C16H17N3O2. The van der Waals surface area contributed by atoms with Gasteiger partial charge in [0.1, 0.15) is 6.04 Å². The number of pyridine rings is 1. The monoisotopic (exact) mass is 283 g/mol. The van der Waals surface area contributed by atoms with Crippen LogP contribution in [0.4, 0.5) is 0 Å². The molecule has 21 heavy (non-hydrogen) atoms. The van der Waals surface area contributed by atoms with Gasteiger partial charge in [0, 0.05) is 24.5 Å². The third kappa shape index (κ3) is 4.42. The SMILES string of the molecule is C[C@H](NC(=O)c1ccccc1)C(=O)NCc1cccnc1. The standard InChI is InChI=1S/C16H17N3O2/c1-12(19-16(21)14-7-3-2-4-8-14)15(20)18-11-13-6-5-9-17-10-13/h2-10,12H,11H2,1H3,(H,18,20)(H,19,21)/t12-/m0/s1. The summed E-state index contributed by atoms with van der Waals surface area (Å²) in [5.41, 5.74) is 1.44. The summed E-state index contributed by atoms with van der Waals surface area (Å²) in [7, 11) is 0. The van der Waals surface area contributed by atoms with Crippen LogP contribution in [0.15, 0.2) is 54.9 Å². The van der Waals surface area contributed by atoms with E-state index in [9.17, 15) is 9.59 Å². The summed E-state index contributed by atoms with van der Waals surface area (Å²) in [5, 5.41) is 5.43. The summed E-state index contributed by atoms with van der Waals surface area (Å²) in [6, 6.07) is 11.9. The van der Waals surface area contributed by atoms with Crippen molar-refractivity contribution in [3.63, 3.8) is 0 Å². The molecule has 0 aliphatic rings. The van der Waals surface area contributed by atoms with E-state index < -0.39 is 6.04 Å². The highest BCUT2D eigenvalue weighted by molar-refractivity contribution is 5.97. The molecule has 2 rings (SSSR count). The molecule has 0 saturated heterocycles. The highest BCUT2D eigenvalue weighted by Gasteiger charge is 2.15. The van der Waals surface area contributed by atoms with Gasteiger partial charge in [-0.1, -0.05) is 24.3 Å². The number of hydrogen-bond acceptors (Lipinski definition) is 3. The summed E-state index contributed by atoms with van der Waals surface area (Å²) in [6.45, 7) is 2.04. The fourth-order valence-electron chi connectivity index (χ4n) is 1.78. The third-order valence-corrected chi connectivity index (χ3v) is 2.97. The topological polar surface area (TPSA) is 71.1 Å². The van der Waals surface area contributed by atoms with Crippen molar-refractivity contribution in [3.8, 4) is 0 Å². The summed E-state index contributed by atoms with van der Waals surface area (Å²) in [5.74, 6) is -0.497. The van der Waals surface area contributed by atoms with E-state index >= 15 is 0 Å². The van der Waals surface area contributed by atoms with Gasteiger partial charge in [-0.15, -0.1) is 0 Å². The Morgan fingerprint density at radius 2 is 1.90 bits per heavy atom. The first-order valence-electron chi connectivity index (χ1n) is 6.69. The van der Waals surface area contributed by atoms with Crippen molar-refractivity contribution in [2.75, 3.05) is 0 Å². The van der Waals surface area contributed by atoms with E-state index in [-0.39, 0.29) is 11.8 Å². The molecule has 5 heteroatoms. The van der Waals surface area contributed by atoms with Gasteiger partial charge in [0.05, 0.1) is 0 Å². The third-order valence-electron chi connectivity index (χ3n) is 2.97. The van der Waals surface area contributed by atoms with Crippen LogP contribution in [-0.2, 0) is 11.3 Å². The fourth-order valence-corrected chi connectivity index (χ4v) is 1.78. The average Bonchev–Trinajstić information content (AvgIpc) is 2.54. The minimum Gasteiger partial charge on any atom is -0.350 e. The molecule has 2 aromatic rings. The molecule has 0 aliphatic carbocycles. The van der Waals surface area contributed by atoms with Crippen LogP contribution in [0, 0.1) is 0 Å². The number of nitrogens with zero attached hydrogens (tertiary/aromatic N) is 1. The van der Waals surface area contributed by atoms with Gasteiger partial charge in [-0.05, 0) is 30.7 Å². The Kier molecular flexibility index (Phi) is 5.04. The van der Waals surface area contributed by atoms with E-state index in [4.69, 9.17) is 0 Å². The van der Waals surface area contributed by atoms with Crippen molar-refractivity contribution in [2.45, 2.75) is 19.5 Å². The van der Waals surface area contributed by atoms with E-state index in [1.165, 1.54) is 0 Å². The van der Waals surface area contributed by atoms with E-state index in [2.05, 4.69) is 15.6 Å². The molecule has 0 radical (unpaired) electrons. The lowest BCUT2D eigenvalue weighted by Crippen LogP contribution is -2.44. The van der Waals surface area contributed by atoms with Crippen molar-refractivity contribution < 1.29 is 9.59 Å². The van der Waals surface area contributed by atoms with Crippen LogP contribution < -0.4 is 10.6 Å². The van der Waals surface area contributed by atoms with Crippen molar-refractivity contribution in [3.05, 3.63) is 66.0 Å². The Hall–Kier alpha value is -2.69. The molecule has 108 valence electrons. The molecule has 0 aliphatic heterocycles. The second-order valence-corrected chi connectivity index (χ2v) is 4.64. The van der Waals surface area contributed by atoms with Gasteiger partial charge >= 0.3 is 0 Å². The van der Waals surface area contributed by atoms with Crippen LogP contribution in [-0.4, -0.2) is 22.8 Å². The van der Waals surface area contributed by atoms with Gasteiger partial charge in [0.25, 0.3) is 5.91 Å². The first-order valence-corrected chi connectivity index (χ1v) is 6.69. The highest BCUT2D eigenvalue weighted by Crippen LogP contribution is 1.99. The number of benzene rings is 1. The molecular weight excluding hydrogens is 266 g/mol. The van der Waals surface area contributed by atoms with E-state index in [0.29, 0.717) is 12.1 Å². The number of aromatic nitrogens is 1. The lowest BCUT2D eigenvalue weighted by Gasteiger charge is -2.14. The van der Waals surface area contributed by atoms with Crippen molar-refractivity contribution in [1.29, 1.82) is 0 Å². The summed E-state index contributed by atoms with van der Waals surface area (Å²) in [6.07, 6.45) is 3.36. The molecule has 1 heterocycles. The second-order valence-electron chi connectivity index (χ2n) is 4.64. The molecule has 0 saturated carbocycles. The van der Waals surface area contributed by atoms with E-state index in [1.807, 2.05) is 18.2 Å². The summed E-state index contributed by atoms with van der Waals surface area (Å²) in [4.78, 5) is 27.8. The predicted molar refractivity (Wildman–Crippen MR) is 79.5 cm³/mol. The van der Waals surface area contributed by atoms with Crippen LogP contribution in [0.3, 0.4) is 0 Å². The first-order chi connectivity index (χ1) is 10.2. The zero-order chi connectivity index (χ0) is 15.1. The molecule has 1 aromatic heterocycles. The molecule has 2 N–H and O–H groups in total. The fraction of sp³-hybridized carbons (Fsp3) is 0.188. The molecule has 1 aromatic carbocycles. The van der Waals surface area contributed by atoms with Gasteiger partial charge in [0.2, 0.25) is 5.91 Å². The zero-order valence-corrected chi connectivity index (χ0v) is 11.7. The largest absolute Gasteiger partial charge is 0.350 e. The van der Waals surface area contributed by atoms with Crippen LogP contribution >= 0.6 is 0 Å². The average molecular weight is 283 g/mol. The number of amides is 2. The summed E-state index contributed by atoms with van der Waals surface area (Å²) < 4.78 is 0. The number of hydrogen-bond donors (Lipinski definition) is 2. The molecule has 1 atom stereocenters. The maximum absolute atomic E-state index is 11.9. The van der Waals surface area contributed by atoms with E-state index in [1.54, 1.807) is 43.6 Å². The van der Waals surface area contributed by atoms with Crippen LogP contribution in [0.25, 0.3) is 0 Å². The Morgan fingerprint density at radius 1 is 1.14 bits per heavy atom. The highest BCUT2D eigenvalue weighted by atomic mass is 16.2. The number of rotatable bonds is 5. The van der Waals surface area contributed by atoms with Gasteiger partial charge in [-0.25, -0.2) is 0 Å². The summed E-state index contributed by atoms with van der Waals surface area (Å²) >= 11 is 0. The van der Waals surface area contributed by atoms with Crippen LogP contribution in [0.5, 0.6) is 0 Å². The molecule has 0 spiro atoms. The molecule has 0 unspecified atom stereocenters. The molecule has 2 amide bonds. The predicted octanol–water partition coefficient (Wildman–Crippen LogP) is 1.52. The molecule has 5 nitrogen and oxygen atoms in total. The van der Waals surface area contributed by atoms with Gasteiger partial charge < -0.3 is 10.6 Å². The van der Waals surface area contributed by atoms with Crippen molar-refractivity contribution in [1.82, 2.24) is 15.6 Å². The quantitative estimate of drug-likeness (QED) is 0.874. The van der Waals surface area contributed by atoms with E-state index in [0.717, 1.165) is 5.56 Å². The van der Waals surface area contributed by atoms with Crippen LogP contribution in [0.1, 0.15) is 22.8 Å². The van der Waals surface area contributed by atoms with Gasteiger partial charge in [0.15, 0.2) is 0 Å². The molecule has 0 bridgehead atoms. The van der Waals surface area contributed by atoms with Crippen molar-refractivity contribution in [2.24, 2.45) is 0 Å². The Balaban J connectivity index is 1.84. The number of nitrogens with one attached hydrogen (secondary N) is 2. The Bertz CT molecular complexity index is 599. The molecule has 0 fully saturated rings. The van der Waals surface area contributed by atoms with Crippen molar-refractivity contribution >= 4 is 11.8 Å². The van der Waals surface area contributed by atoms with Gasteiger partial charge in [-0.2, -0.15) is 0 Å². The Morgan fingerprint density at radius 3 is 2.57 bits per heavy atom. The Labute approximate surface area is 123 Å². The lowest BCUT2D eigenvalue weighted by atomic mass is 10.2. The lowest BCUT2D eigenvalue weighted by molar-refractivity contribution is -0.122. The number of carbonyl (C=O) groups excluding carboxylic acids is 2. The second kappa shape index (κ2) is 7.19. The van der Waals surface area contributed by atoms with Crippen LogP contribution in [0.2, 0.25) is 0 Å². The van der Waals surface area contributed by atoms with Gasteiger partial charge in [-0.3, -0.25) is 14.6 Å². The zero-order valence-electron chi connectivity index (χ0n) is 11.7. The maximum atomic E-state index is 11.9. The minimum atomic E-state index is -0.602. The normalized spacial score (nSPS) is 11.5. The smallest absolute Gasteiger partial charge is 0.251 e. The maximum Gasteiger partial charge on any atom is 0.251 e. The number of carbonyl (C=O) groups is 2. The minimum absolute atomic E-state index is 0.233.